The van der Waals surface area contributed by atoms with Crippen LogP contribution in [0.4, 0.5) is 11.4 Å². The Morgan fingerprint density at radius 3 is 1.97 bits per heavy atom. The lowest BCUT2D eigenvalue weighted by molar-refractivity contribution is -0.116. The van der Waals surface area contributed by atoms with Gasteiger partial charge in [0, 0.05) is 38.6 Å². The second-order valence-electron chi connectivity index (χ2n) is 9.34. The lowest BCUT2D eigenvalue weighted by atomic mass is 9.90. The molecule has 0 aliphatic carbocycles. The summed E-state index contributed by atoms with van der Waals surface area (Å²) in [7, 11) is 3.87. The summed E-state index contributed by atoms with van der Waals surface area (Å²) in [6.07, 6.45) is 2.05. The van der Waals surface area contributed by atoms with Crippen LogP contribution in [-0.4, -0.2) is 43.9 Å². The number of carbonyl (C=O) groups excluding carboxylic acids is 2. The molecule has 1 N–H and O–H groups in total. The highest BCUT2D eigenvalue weighted by Crippen LogP contribution is 2.29. The maximum Gasteiger partial charge on any atom is 0.256 e. The van der Waals surface area contributed by atoms with Crippen LogP contribution < -0.4 is 10.2 Å². The zero-order valence-corrected chi connectivity index (χ0v) is 20.2. The molecule has 0 bridgehead atoms. The largest absolute Gasteiger partial charge is 0.377 e. The summed E-state index contributed by atoms with van der Waals surface area (Å²) in [6.45, 7) is 3.78. The smallest absolute Gasteiger partial charge is 0.256 e. The SMILES string of the molecule is CC1CCN(C(=O)c2cc(NC(=O)C(c3ccccc3)c3ccccc3)ccc2N(C)C)CC1. The van der Waals surface area contributed by atoms with Crippen LogP contribution >= 0.6 is 0 Å². The van der Waals surface area contributed by atoms with E-state index in [1.165, 1.54) is 0 Å². The van der Waals surface area contributed by atoms with Crippen molar-refractivity contribution in [1.29, 1.82) is 0 Å². The Morgan fingerprint density at radius 2 is 1.44 bits per heavy atom. The third-order valence-corrected chi connectivity index (χ3v) is 6.58. The van der Waals surface area contributed by atoms with Crippen LogP contribution in [0, 0.1) is 5.92 Å². The summed E-state index contributed by atoms with van der Waals surface area (Å²) in [5.74, 6) is 0.101. The van der Waals surface area contributed by atoms with Crippen LogP contribution in [0.2, 0.25) is 0 Å². The molecule has 0 saturated carbocycles. The zero-order valence-electron chi connectivity index (χ0n) is 20.2. The first-order valence-corrected chi connectivity index (χ1v) is 12.0. The molecular weight excluding hydrogens is 422 g/mol. The highest BCUT2D eigenvalue weighted by molar-refractivity contribution is 6.03. The minimum absolute atomic E-state index is 0.0226. The van der Waals surface area contributed by atoms with Crippen LogP contribution in [0.3, 0.4) is 0 Å². The maximum atomic E-state index is 13.5. The van der Waals surface area contributed by atoms with E-state index >= 15 is 0 Å². The zero-order chi connectivity index (χ0) is 24.1. The van der Waals surface area contributed by atoms with E-state index in [1.807, 2.05) is 103 Å². The van der Waals surface area contributed by atoms with Gasteiger partial charge in [0.1, 0.15) is 0 Å². The molecule has 1 saturated heterocycles. The average Bonchev–Trinajstić information content (AvgIpc) is 2.85. The molecule has 0 aromatic heterocycles. The quantitative estimate of drug-likeness (QED) is 0.542. The van der Waals surface area contributed by atoms with E-state index in [9.17, 15) is 9.59 Å². The Bertz CT molecular complexity index is 1080. The van der Waals surface area contributed by atoms with Gasteiger partial charge in [-0.1, -0.05) is 67.6 Å². The number of anilines is 2. The summed E-state index contributed by atoms with van der Waals surface area (Å²) in [5.41, 5.74) is 3.95. The third-order valence-electron chi connectivity index (χ3n) is 6.58. The van der Waals surface area contributed by atoms with Gasteiger partial charge in [-0.15, -0.1) is 0 Å². The molecule has 34 heavy (non-hydrogen) atoms. The number of nitrogens with zero attached hydrogens (tertiary/aromatic N) is 2. The van der Waals surface area contributed by atoms with E-state index in [1.54, 1.807) is 0 Å². The van der Waals surface area contributed by atoms with Crippen molar-refractivity contribution in [2.45, 2.75) is 25.7 Å². The number of hydrogen-bond donors (Lipinski definition) is 1. The molecule has 0 unspecified atom stereocenters. The Labute approximate surface area is 202 Å². The predicted octanol–water partition coefficient (Wildman–Crippen LogP) is 5.40. The van der Waals surface area contributed by atoms with Gasteiger partial charge in [0.2, 0.25) is 5.91 Å². The molecule has 4 rings (SSSR count). The minimum atomic E-state index is -0.446. The predicted molar refractivity (Wildman–Crippen MR) is 138 cm³/mol. The fraction of sp³-hybridized carbons (Fsp3) is 0.310. The lowest BCUT2D eigenvalue weighted by Crippen LogP contribution is -2.38. The fourth-order valence-corrected chi connectivity index (χ4v) is 4.56. The Kier molecular flexibility index (Phi) is 7.31. The number of likely N-dealkylation sites (tertiary alicyclic amines) is 1. The van der Waals surface area contributed by atoms with E-state index < -0.39 is 5.92 Å². The highest BCUT2D eigenvalue weighted by Gasteiger charge is 2.26. The van der Waals surface area contributed by atoms with E-state index in [0.717, 1.165) is 42.7 Å². The molecule has 176 valence electrons. The number of piperidine rings is 1. The van der Waals surface area contributed by atoms with Gasteiger partial charge in [0.15, 0.2) is 0 Å². The van der Waals surface area contributed by atoms with Crippen LogP contribution in [0.5, 0.6) is 0 Å². The molecule has 1 aliphatic heterocycles. The highest BCUT2D eigenvalue weighted by atomic mass is 16.2. The van der Waals surface area contributed by atoms with Gasteiger partial charge >= 0.3 is 0 Å². The Hall–Kier alpha value is -3.60. The van der Waals surface area contributed by atoms with Crippen LogP contribution in [0.15, 0.2) is 78.9 Å². The van der Waals surface area contributed by atoms with Gasteiger partial charge in [0.25, 0.3) is 5.91 Å². The second kappa shape index (κ2) is 10.6. The summed E-state index contributed by atoms with van der Waals surface area (Å²) in [5, 5.41) is 3.08. The molecule has 1 aliphatic rings. The van der Waals surface area contributed by atoms with Crippen LogP contribution in [0.25, 0.3) is 0 Å². The number of carbonyl (C=O) groups is 2. The topological polar surface area (TPSA) is 52.7 Å². The van der Waals surface area contributed by atoms with Crippen LogP contribution in [-0.2, 0) is 4.79 Å². The molecule has 0 spiro atoms. The summed E-state index contributed by atoms with van der Waals surface area (Å²) in [4.78, 5) is 30.8. The van der Waals surface area contributed by atoms with E-state index in [2.05, 4.69) is 12.2 Å². The van der Waals surface area contributed by atoms with Crippen molar-refractivity contribution in [3.05, 3.63) is 95.6 Å². The average molecular weight is 456 g/mol. The first kappa shape index (κ1) is 23.6. The molecule has 0 atom stereocenters. The monoisotopic (exact) mass is 455 g/mol. The molecule has 5 heteroatoms. The Balaban J connectivity index is 1.63. The molecule has 5 nitrogen and oxygen atoms in total. The van der Waals surface area contributed by atoms with Crippen molar-refractivity contribution < 1.29 is 9.59 Å². The van der Waals surface area contributed by atoms with Gasteiger partial charge in [0.05, 0.1) is 11.5 Å². The fourth-order valence-electron chi connectivity index (χ4n) is 4.56. The third kappa shape index (κ3) is 5.30. The maximum absolute atomic E-state index is 13.5. The van der Waals surface area contributed by atoms with Gasteiger partial charge in [-0.2, -0.15) is 0 Å². The van der Waals surface area contributed by atoms with Crippen molar-refractivity contribution in [2.24, 2.45) is 5.92 Å². The van der Waals surface area contributed by atoms with Crippen molar-refractivity contribution in [3.8, 4) is 0 Å². The van der Waals surface area contributed by atoms with Crippen molar-refractivity contribution >= 4 is 23.2 Å². The summed E-state index contributed by atoms with van der Waals surface area (Å²) >= 11 is 0. The molecule has 3 aromatic rings. The van der Waals surface area contributed by atoms with Crippen molar-refractivity contribution in [2.75, 3.05) is 37.4 Å². The number of benzene rings is 3. The first-order chi connectivity index (χ1) is 16.4. The van der Waals surface area contributed by atoms with E-state index in [0.29, 0.717) is 17.2 Å². The molecule has 3 aromatic carbocycles. The number of nitrogens with one attached hydrogen (secondary N) is 1. The summed E-state index contributed by atoms with van der Waals surface area (Å²) in [6, 6.07) is 25.2. The standard InChI is InChI=1S/C29H33N3O2/c1-21-16-18-32(19-17-21)29(34)25-20-24(14-15-26(25)31(2)3)30-28(33)27(22-10-6-4-7-11-22)23-12-8-5-9-13-23/h4-15,20-21,27H,16-19H2,1-3H3,(H,30,33). The second-order valence-corrected chi connectivity index (χ2v) is 9.34. The van der Waals surface area contributed by atoms with Gasteiger partial charge in [-0.25, -0.2) is 0 Å². The number of amides is 2. The van der Waals surface area contributed by atoms with Crippen LogP contribution in [0.1, 0.15) is 47.2 Å². The van der Waals surface area contributed by atoms with Gasteiger partial charge in [-0.05, 0) is 48.1 Å². The molecule has 0 radical (unpaired) electrons. The molecule has 2 amide bonds. The molecule has 1 fully saturated rings. The lowest BCUT2D eigenvalue weighted by Gasteiger charge is -2.31. The molecule has 1 heterocycles. The van der Waals surface area contributed by atoms with Gasteiger partial charge < -0.3 is 15.1 Å². The van der Waals surface area contributed by atoms with E-state index in [4.69, 9.17) is 0 Å². The number of rotatable bonds is 6. The minimum Gasteiger partial charge on any atom is -0.377 e. The Morgan fingerprint density at radius 1 is 0.882 bits per heavy atom. The van der Waals surface area contributed by atoms with Gasteiger partial charge in [-0.3, -0.25) is 9.59 Å². The molecular formula is C29H33N3O2. The number of hydrogen-bond acceptors (Lipinski definition) is 3. The first-order valence-electron chi connectivity index (χ1n) is 12.0. The van der Waals surface area contributed by atoms with Crippen molar-refractivity contribution in [1.82, 2.24) is 4.90 Å². The summed E-state index contributed by atoms with van der Waals surface area (Å²) < 4.78 is 0. The van der Waals surface area contributed by atoms with E-state index in [-0.39, 0.29) is 11.8 Å². The normalized spacial score (nSPS) is 14.2. The van der Waals surface area contributed by atoms with Crippen molar-refractivity contribution in [3.63, 3.8) is 0 Å².